The minimum absolute atomic E-state index is 0.0379. The fraction of sp³-hybridized carbons (Fsp3) is 0.591. The van der Waals surface area contributed by atoms with E-state index in [9.17, 15) is 4.79 Å². The van der Waals surface area contributed by atoms with Gasteiger partial charge < -0.3 is 9.47 Å². The van der Waals surface area contributed by atoms with Crippen molar-refractivity contribution in [2.75, 3.05) is 13.2 Å². The minimum atomic E-state index is -0.650. The van der Waals surface area contributed by atoms with Crippen LogP contribution in [0.4, 0.5) is 0 Å². The van der Waals surface area contributed by atoms with Crippen LogP contribution in [0.1, 0.15) is 67.2 Å². The fourth-order valence-corrected chi connectivity index (χ4v) is 2.17. The topological polar surface area (TPSA) is 35.5 Å². The van der Waals surface area contributed by atoms with Crippen LogP contribution >= 0.6 is 0 Å². The van der Waals surface area contributed by atoms with Crippen molar-refractivity contribution in [1.82, 2.24) is 0 Å². The van der Waals surface area contributed by atoms with Crippen LogP contribution in [0, 0.1) is 0 Å². The SMILES string of the molecule is C=CC(C)(CCC=C(C)C)OC(=O)COC/C=C(\C)CCC=C(C)C. The molecule has 0 aliphatic rings. The maximum absolute atomic E-state index is 12.0. The summed E-state index contributed by atoms with van der Waals surface area (Å²) in [6.45, 7) is 16.5. The third-order valence-corrected chi connectivity index (χ3v) is 3.83. The number of hydrogen-bond acceptors (Lipinski definition) is 3. The molecule has 0 saturated heterocycles. The molecule has 0 fully saturated rings. The van der Waals surface area contributed by atoms with Crippen molar-refractivity contribution in [2.45, 2.75) is 72.8 Å². The van der Waals surface area contributed by atoms with Crippen molar-refractivity contribution in [3.8, 4) is 0 Å². The van der Waals surface area contributed by atoms with Crippen LogP contribution in [0.5, 0.6) is 0 Å². The first-order valence-electron chi connectivity index (χ1n) is 9.04. The van der Waals surface area contributed by atoms with E-state index in [2.05, 4.69) is 53.3 Å². The third kappa shape index (κ3) is 13.4. The summed E-state index contributed by atoms with van der Waals surface area (Å²) in [4.78, 5) is 12.0. The molecule has 0 aliphatic heterocycles. The first kappa shape index (κ1) is 23.4. The molecule has 0 aromatic carbocycles. The van der Waals surface area contributed by atoms with E-state index in [0.717, 1.165) is 25.7 Å². The van der Waals surface area contributed by atoms with Gasteiger partial charge in [-0.2, -0.15) is 0 Å². The number of carbonyl (C=O) groups excluding carboxylic acids is 1. The van der Waals surface area contributed by atoms with Crippen molar-refractivity contribution in [3.63, 3.8) is 0 Å². The second kappa shape index (κ2) is 12.7. The van der Waals surface area contributed by atoms with Crippen molar-refractivity contribution >= 4 is 5.97 Å². The quantitative estimate of drug-likeness (QED) is 0.249. The molecule has 0 aromatic heterocycles. The summed E-state index contributed by atoms with van der Waals surface area (Å²) >= 11 is 0. The molecule has 0 aliphatic carbocycles. The average Bonchev–Trinajstić information content (AvgIpc) is 2.50. The zero-order valence-corrected chi connectivity index (χ0v) is 17.0. The molecule has 25 heavy (non-hydrogen) atoms. The highest BCUT2D eigenvalue weighted by Gasteiger charge is 2.24. The Labute approximate surface area is 154 Å². The highest BCUT2D eigenvalue weighted by molar-refractivity contribution is 5.71. The third-order valence-electron chi connectivity index (χ3n) is 3.83. The molecule has 0 rings (SSSR count). The molecule has 0 radical (unpaired) electrons. The zero-order valence-electron chi connectivity index (χ0n) is 17.0. The van der Waals surface area contributed by atoms with Gasteiger partial charge in [-0.3, -0.25) is 0 Å². The molecular formula is C22H36O3. The summed E-state index contributed by atoms with van der Waals surface area (Å²) in [6, 6.07) is 0. The number of rotatable bonds is 12. The Morgan fingerprint density at radius 1 is 1.00 bits per heavy atom. The standard InChI is InChI=1S/C22H36O3/c1-8-22(7,15-10-12-19(4)5)25-21(23)17-24-16-14-20(6)13-9-11-18(2)3/h8,11-12,14H,1,9-10,13,15-17H2,2-7H3/b20-14+. The monoisotopic (exact) mass is 348 g/mol. The second-order valence-corrected chi connectivity index (χ2v) is 7.20. The normalized spacial score (nSPS) is 13.6. The van der Waals surface area contributed by atoms with Gasteiger partial charge >= 0.3 is 5.97 Å². The highest BCUT2D eigenvalue weighted by atomic mass is 16.6. The Kier molecular flexibility index (Phi) is 11.9. The van der Waals surface area contributed by atoms with Crippen LogP contribution < -0.4 is 0 Å². The summed E-state index contributed by atoms with van der Waals surface area (Å²) in [5.74, 6) is -0.352. The highest BCUT2D eigenvalue weighted by Crippen LogP contribution is 2.20. The number of ether oxygens (including phenoxy) is 2. The second-order valence-electron chi connectivity index (χ2n) is 7.20. The molecule has 3 heteroatoms. The number of hydrogen-bond donors (Lipinski definition) is 0. The van der Waals surface area contributed by atoms with Crippen LogP contribution in [-0.2, 0) is 14.3 Å². The average molecular weight is 349 g/mol. The molecule has 0 amide bonds. The van der Waals surface area contributed by atoms with Crippen LogP contribution in [0.15, 0.2) is 47.6 Å². The molecule has 0 bridgehead atoms. The molecule has 0 N–H and O–H groups in total. The van der Waals surface area contributed by atoms with Gasteiger partial charge in [0.05, 0.1) is 6.61 Å². The molecule has 0 aromatic rings. The smallest absolute Gasteiger partial charge is 0.332 e. The van der Waals surface area contributed by atoms with E-state index >= 15 is 0 Å². The molecule has 3 nitrogen and oxygen atoms in total. The molecule has 1 atom stereocenters. The molecule has 142 valence electrons. The summed E-state index contributed by atoms with van der Waals surface area (Å²) in [7, 11) is 0. The van der Waals surface area contributed by atoms with Crippen LogP contribution in [-0.4, -0.2) is 24.8 Å². The zero-order chi connectivity index (χ0) is 19.3. The Hall–Kier alpha value is -1.61. The van der Waals surface area contributed by atoms with Crippen molar-refractivity contribution in [3.05, 3.63) is 47.6 Å². The van der Waals surface area contributed by atoms with Gasteiger partial charge in [0.25, 0.3) is 0 Å². The Morgan fingerprint density at radius 2 is 1.60 bits per heavy atom. The Balaban J connectivity index is 4.17. The van der Waals surface area contributed by atoms with E-state index in [0.29, 0.717) is 6.61 Å². The predicted molar refractivity (Wildman–Crippen MR) is 107 cm³/mol. The summed E-state index contributed by atoms with van der Waals surface area (Å²) < 4.78 is 10.9. The lowest BCUT2D eigenvalue weighted by Gasteiger charge is -2.25. The van der Waals surface area contributed by atoms with E-state index in [1.54, 1.807) is 6.08 Å². The summed E-state index contributed by atoms with van der Waals surface area (Å²) in [5, 5.41) is 0. The van der Waals surface area contributed by atoms with E-state index in [-0.39, 0.29) is 12.6 Å². The predicted octanol–water partition coefficient (Wildman–Crippen LogP) is 5.93. The van der Waals surface area contributed by atoms with Gasteiger partial charge in [-0.25, -0.2) is 4.79 Å². The molecule has 1 unspecified atom stereocenters. The van der Waals surface area contributed by atoms with Gasteiger partial charge in [0.15, 0.2) is 0 Å². The van der Waals surface area contributed by atoms with Gasteiger partial charge in [-0.15, -0.1) is 0 Å². The van der Waals surface area contributed by atoms with E-state index in [1.165, 1.54) is 16.7 Å². The summed E-state index contributed by atoms with van der Waals surface area (Å²) in [6.07, 6.45) is 11.7. The van der Waals surface area contributed by atoms with E-state index in [4.69, 9.17) is 9.47 Å². The maximum Gasteiger partial charge on any atom is 0.332 e. The van der Waals surface area contributed by atoms with Gasteiger partial charge in [-0.05, 0) is 73.3 Å². The lowest BCUT2D eigenvalue weighted by atomic mass is 9.99. The van der Waals surface area contributed by atoms with Crippen LogP contribution in [0.25, 0.3) is 0 Å². The van der Waals surface area contributed by atoms with Gasteiger partial charge in [0.1, 0.15) is 12.2 Å². The fourth-order valence-electron chi connectivity index (χ4n) is 2.17. The minimum Gasteiger partial charge on any atom is -0.453 e. The largest absolute Gasteiger partial charge is 0.453 e. The van der Waals surface area contributed by atoms with Gasteiger partial charge in [0, 0.05) is 0 Å². The van der Waals surface area contributed by atoms with Crippen molar-refractivity contribution in [1.29, 1.82) is 0 Å². The number of allylic oxidation sites excluding steroid dienone is 5. The molecule has 0 saturated carbocycles. The number of esters is 1. The first-order valence-corrected chi connectivity index (χ1v) is 9.04. The first-order chi connectivity index (χ1) is 11.7. The lowest BCUT2D eigenvalue weighted by molar-refractivity contribution is -0.159. The van der Waals surface area contributed by atoms with Gasteiger partial charge in [0.2, 0.25) is 0 Å². The van der Waals surface area contributed by atoms with Crippen LogP contribution in [0.3, 0.4) is 0 Å². The molecule has 0 heterocycles. The van der Waals surface area contributed by atoms with Crippen molar-refractivity contribution in [2.24, 2.45) is 0 Å². The molecule has 0 spiro atoms. The van der Waals surface area contributed by atoms with Crippen molar-refractivity contribution < 1.29 is 14.3 Å². The van der Waals surface area contributed by atoms with Gasteiger partial charge in [-0.1, -0.05) is 41.5 Å². The Morgan fingerprint density at radius 3 is 2.16 bits per heavy atom. The van der Waals surface area contributed by atoms with E-state index in [1.807, 2.05) is 13.0 Å². The van der Waals surface area contributed by atoms with Crippen LogP contribution in [0.2, 0.25) is 0 Å². The Bertz CT molecular complexity index is 503. The summed E-state index contributed by atoms with van der Waals surface area (Å²) in [5.41, 5.74) is 3.21. The molecular weight excluding hydrogens is 312 g/mol. The van der Waals surface area contributed by atoms with E-state index < -0.39 is 5.60 Å². The lowest BCUT2D eigenvalue weighted by Crippen LogP contribution is -2.31. The number of carbonyl (C=O) groups is 1. The maximum atomic E-state index is 12.0.